The van der Waals surface area contributed by atoms with Gasteiger partial charge in [0.05, 0.1) is 6.54 Å². The molecule has 2 aromatic carbocycles. The molecule has 7 nitrogen and oxygen atoms in total. The van der Waals surface area contributed by atoms with Crippen molar-refractivity contribution in [1.29, 1.82) is 0 Å². The van der Waals surface area contributed by atoms with Crippen molar-refractivity contribution in [2.45, 2.75) is 19.3 Å². The fraction of sp³-hybridized carbons (Fsp3) is 0.190. The number of rotatable bonds is 7. The van der Waals surface area contributed by atoms with Crippen molar-refractivity contribution in [3.05, 3.63) is 77.9 Å². The quantitative estimate of drug-likeness (QED) is 0.618. The number of hydrogen-bond acceptors (Lipinski definition) is 4. The summed E-state index contributed by atoms with van der Waals surface area (Å²) in [4.78, 5) is 28.9. The lowest BCUT2D eigenvalue weighted by Crippen LogP contribution is -2.29. The molecule has 0 saturated heterocycles. The van der Waals surface area contributed by atoms with Crippen LogP contribution < -0.4 is 10.5 Å². The Balaban J connectivity index is 1.63. The zero-order valence-electron chi connectivity index (χ0n) is 16.5. The molecule has 31 heavy (non-hydrogen) atoms. The minimum atomic E-state index is -4.38. The Bertz CT molecular complexity index is 1060. The highest BCUT2D eigenvalue weighted by Crippen LogP contribution is 2.23. The topological polar surface area (TPSA) is 90.4 Å². The van der Waals surface area contributed by atoms with Gasteiger partial charge in [-0.1, -0.05) is 0 Å². The minimum absolute atomic E-state index is 0.0770. The first-order valence-electron chi connectivity index (χ1n) is 9.12. The van der Waals surface area contributed by atoms with E-state index in [0.29, 0.717) is 22.6 Å². The van der Waals surface area contributed by atoms with Crippen LogP contribution in [0.3, 0.4) is 0 Å². The number of carbonyl (C=O) groups excluding carboxylic acids is 2. The normalized spacial score (nSPS) is 11.2. The Morgan fingerprint density at radius 2 is 1.58 bits per heavy atom. The highest BCUT2D eigenvalue weighted by Gasteiger charge is 2.29. The van der Waals surface area contributed by atoms with E-state index in [2.05, 4.69) is 4.98 Å². The molecule has 0 unspecified atom stereocenters. The molecule has 0 aliphatic heterocycles. The van der Waals surface area contributed by atoms with Gasteiger partial charge in [-0.15, -0.1) is 0 Å². The van der Waals surface area contributed by atoms with Gasteiger partial charge in [-0.05, 0) is 48.5 Å². The van der Waals surface area contributed by atoms with E-state index in [4.69, 9.17) is 10.5 Å². The Morgan fingerprint density at radius 3 is 2.10 bits per heavy atom. The molecule has 0 bridgehead atoms. The molecule has 1 heterocycles. The number of nitrogens with zero attached hydrogens (tertiary/aromatic N) is 3. The molecular formula is C21H19F3N4O3. The van der Waals surface area contributed by atoms with E-state index in [9.17, 15) is 22.8 Å². The maximum Gasteiger partial charge on any atom is 0.406 e. The first-order chi connectivity index (χ1) is 14.6. The van der Waals surface area contributed by atoms with Crippen LogP contribution in [-0.2, 0) is 13.1 Å². The number of benzene rings is 2. The Morgan fingerprint density at radius 1 is 1.03 bits per heavy atom. The van der Waals surface area contributed by atoms with Crippen LogP contribution in [0.15, 0.2) is 60.9 Å². The van der Waals surface area contributed by atoms with Gasteiger partial charge < -0.3 is 19.9 Å². The molecule has 2 N–H and O–H groups in total. The summed E-state index contributed by atoms with van der Waals surface area (Å²) >= 11 is 0. The molecule has 0 atom stereocenters. The van der Waals surface area contributed by atoms with Gasteiger partial charge in [0.25, 0.3) is 5.91 Å². The van der Waals surface area contributed by atoms with Crippen molar-refractivity contribution >= 4 is 11.8 Å². The summed E-state index contributed by atoms with van der Waals surface area (Å²) < 4.78 is 44.6. The number of hydrogen-bond donors (Lipinski definition) is 1. The molecular weight excluding hydrogens is 413 g/mol. The van der Waals surface area contributed by atoms with Gasteiger partial charge in [0, 0.05) is 30.6 Å². The molecule has 2 amide bonds. The van der Waals surface area contributed by atoms with Gasteiger partial charge in [-0.2, -0.15) is 13.2 Å². The zero-order chi connectivity index (χ0) is 22.6. The summed E-state index contributed by atoms with van der Waals surface area (Å²) in [5.74, 6) is 0.162. The highest BCUT2D eigenvalue weighted by molar-refractivity contribution is 5.94. The fourth-order valence-corrected chi connectivity index (χ4v) is 2.82. The maximum atomic E-state index is 12.6. The van der Waals surface area contributed by atoms with Crippen molar-refractivity contribution < 1.29 is 27.5 Å². The average Bonchev–Trinajstić information content (AvgIpc) is 3.13. The fourth-order valence-electron chi connectivity index (χ4n) is 2.82. The molecule has 0 aliphatic rings. The van der Waals surface area contributed by atoms with Crippen LogP contribution in [0, 0.1) is 0 Å². The van der Waals surface area contributed by atoms with Crippen molar-refractivity contribution in [3.63, 3.8) is 0 Å². The maximum absolute atomic E-state index is 12.6. The lowest BCUT2D eigenvalue weighted by Gasteiger charge is -2.18. The van der Waals surface area contributed by atoms with Gasteiger partial charge in [-0.25, -0.2) is 4.98 Å². The summed E-state index contributed by atoms with van der Waals surface area (Å²) in [5, 5.41) is 0. The SMILES string of the molecule is CN(Cc1nccn1CC(F)(F)F)C(=O)c1ccc(Oc2ccc(C(N)=O)cc2)cc1. The second-order valence-corrected chi connectivity index (χ2v) is 6.76. The van der Waals surface area contributed by atoms with E-state index in [-0.39, 0.29) is 18.3 Å². The predicted octanol–water partition coefficient (Wildman–Crippen LogP) is 3.61. The third kappa shape index (κ3) is 5.84. The van der Waals surface area contributed by atoms with E-state index in [1.807, 2.05) is 0 Å². The Labute approximate surface area is 175 Å². The third-order valence-corrected chi connectivity index (χ3v) is 4.35. The predicted molar refractivity (Wildman–Crippen MR) is 106 cm³/mol. The van der Waals surface area contributed by atoms with Gasteiger partial charge in [0.1, 0.15) is 23.9 Å². The van der Waals surface area contributed by atoms with E-state index in [1.165, 1.54) is 36.5 Å². The molecule has 0 saturated carbocycles. The number of imidazole rings is 1. The van der Waals surface area contributed by atoms with E-state index >= 15 is 0 Å². The van der Waals surface area contributed by atoms with Crippen molar-refractivity contribution in [1.82, 2.24) is 14.5 Å². The molecule has 10 heteroatoms. The Kier molecular flexibility index (Phi) is 6.28. The number of halogens is 3. The molecule has 3 aromatic rings. The highest BCUT2D eigenvalue weighted by atomic mass is 19.4. The van der Waals surface area contributed by atoms with Gasteiger partial charge >= 0.3 is 6.18 Å². The van der Waals surface area contributed by atoms with Crippen LogP contribution in [0.5, 0.6) is 11.5 Å². The van der Waals surface area contributed by atoms with Gasteiger partial charge in [-0.3, -0.25) is 9.59 Å². The number of aromatic nitrogens is 2. The van der Waals surface area contributed by atoms with Crippen LogP contribution in [0.1, 0.15) is 26.5 Å². The number of carbonyl (C=O) groups is 2. The second-order valence-electron chi connectivity index (χ2n) is 6.76. The average molecular weight is 432 g/mol. The third-order valence-electron chi connectivity index (χ3n) is 4.35. The van der Waals surface area contributed by atoms with Crippen LogP contribution in [0.4, 0.5) is 13.2 Å². The standard InChI is InChI=1S/C21H19F3N4O3/c1-27(12-18-26-10-11-28(18)13-21(22,23)24)20(30)15-4-8-17(9-5-15)31-16-6-2-14(3-7-16)19(25)29/h2-11H,12-13H2,1H3,(H2,25,29). The number of ether oxygens (including phenoxy) is 1. The Hall–Kier alpha value is -3.82. The summed E-state index contributed by atoms with van der Waals surface area (Å²) in [6.45, 7) is -1.25. The van der Waals surface area contributed by atoms with E-state index in [1.54, 1.807) is 36.4 Å². The van der Waals surface area contributed by atoms with Crippen molar-refractivity contribution in [2.24, 2.45) is 5.73 Å². The zero-order valence-corrected chi connectivity index (χ0v) is 16.5. The first-order valence-corrected chi connectivity index (χ1v) is 9.12. The smallest absolute Gasteiger partial charge is 0.406 e. The molecule has 0 aliphatic carbocycles. The van der Waals surface area contributed by atoms with E-state index in [0.717, 1.165) is 4.57 Å². The summed E-state index contributed by atoms with van der Waals surface area (Å²) in [6, 6.07) is 12.5. The number of nitrogens with two attached hydrogens (primary N) is 1. The molecule has 3 rings (SSSR count). The lowest BCUT2D eigenvalue weighted by atomic mass is 10.2. The molecule has 1 aromatic heterocycles. The molecule has 0 radical (unpaired) electrons. The minimum Gasteiger partial charge on any atom is -0.457 e. The number of primary amides is 1. The molecule has 0 spiro atoms. The molecule has 162 valence electrons. The summed E-state index contributed by atoms with van der Waals surface area (Å²) in [7, 11) is 1.49. The number of amides is 2. The van der Waals surface area contributed by atoms with Crippen LogP contribution in [0.2, 0.25) is 0 Å². The van der Waals surface area contributed by atoms with Crippen molar-refractivity contribution in [2.75, 3.05) is 7.05 Å². The van der Waals surface area contributed by atoms with Crippen LogP contribution in [-0.4, -0.2) is 39.5 Å². The first kappa shape index (κ1) is 21.9. The monoisotopic (exact) mass is 432 g/mol. The van der Waals surface area contributed by atoms with Gasteiger partial charge in [0.15, 0.2) is 0 Å². The lowest BCUT2D eigenvalue weighted by molar-refractivity contribution is -0.141. The van der Waals surface area contributed by atoms with Crippen LogP contribution in [0.25, 0.3) is 0 Å². The van der Waals surface area contributed by atoms with E-state index < -0.39 is 18.6 Å². The van der Waals surface area contributed by atoms with Crippen LogP contribution >= 0.6 is 0 Å². The summed E-state index contributed by atoms with van der Waals surface area (Å²) in [6.07, 6.45) is -1.89. The second kappa shape index (κ2) is 8.90. The largest absolute Gasteiger partial charge is 0.457 e. The van der Waals surface area contributed by atoms with Crippen molar-refractivity contribution in [3.8, 4) is 11.5 Å². The number of alkyl halides is 3. The summed E-state index contributed by atoms with van der Waals surface area (Å²) in [5.41, 5.74) is 5.89. The van der Waals surface area contributed by atoms with Gasteiger partial charge in [0.2, 0.25) is 5.91 Å². The molecule has 0 fully saturated rings.